The maximum atomic E-state index is 13.2. The first-order valence-electron chi connectivity index (χ1n) is 9.96. The molecule has 6 nitrogen and oxygen atoms in total. The number of nitrogens with zero attached hydrogens (tertiary/aromatic N) is 3. The molecule has 2 heterocycles. The number of esters is 1. The van der Waals surface area contributed by atoms with E-state index in [1.54, 1.807) is 21.7 Å². The van der Waals surface area contributed by atoms with Gasteiger partial charge in [0.05, 0.1) is 17.6 Å². The van der Waals surface area contributed by atoms with Gasteiger partial charge in [-0.05, 0) is 55.2 Å². The average molecular weight is 407 g/mol. The number of aryl methyl sites for hydroxylation is 1. The average Bonchev–Trinajstić information content (AvgIpc) is 3.21. The van der Waals surface area contributed by atoms with E-state index in [-0.39, 0.29) is 18.3 Å². The number of carbonyl (C=O) groups is 2. The zero-order valence-electron chi connectivity index (χ0n) is 16.7. The minimum atomic E-state index is -0.598. The van der Waals surface area contributed by atoms with Gasteiger partial charge >= 0.3 is 5.97 Å². The highest BCUT2D eigenvalue weighted by Crippen LogP contribution is 2.26. The number of anilines is 1. The van der Waals surface area contributed by atoms with Crippen LogP contribution in [0.3, 0.4) is 0 Å². The van der Waals surface area contributed by atoms with Gasteiger partial charge in [0, 0.05) is 12.2 Å². The zero-order chi connectivity index (χ0) is 21.1. The number of amides is 1. The van der Waals surface area contributed by atoms with Crippen molar-refractivity contribution in [3.63, 3.8) is 0 Å². The minimum Gasteiger partial charge on any atom is -0.452 e. The molecule has 2 aromatic carbocycles. The van der Waals surface area contributed by atoms with E-state index in [1.165, 1.54) is 18.3 Å². The summed E-state index contributed by atoms with van der Waals surface area (Å²) in [4.78, 5) is 27.0. The number of fused-ring (bicyclic) bond motifs is 1. The van der Waals surface area contributed by atoms with Crippen LogP contribution in [-0.2, 0) is 22.4 Å². The Morgan fingerprint density at radius 3 is 2.67 bits per heavy atom. The van der Waals surface area contributed by atoms with E-state index in [1.807, 2.05) is 31.2 Å². The van der Waals surface area contributed by atoms with Crippen LogP contribution in [0.15, 0.2) is 54.7 Å². The molecule has 4 rings (SSSR count). The molecule has 30 heavy (non-hydrogen) atoms. The molecule has 0 aliphatic carbocycles. The number of hydrogen-bond donors (Lipinski definition) is 0. The summed E-state index contributed by atoms with van der Waals surface area (Å²) in [5, 5.41) is 4.25. The molecule has 3 aromatic rings. The number of carbonyl (C=O) groups excluding carboxylic acids is 2. The van der Waals surface area contributed by atoms with E-state index in [4.69, 9.17) is 4.74 Å². The fourth-order valence-corrected chi connectivity index (χ4v) is 3.76. The summed E-state index contributed by atoms with van der Waals surface area (Å²) in [5.41, 5.74) is 3.59. The Morgan fingerprint density at radius 1 is 1.13 bits per heavy atom. The third-order valence-electron chi connectivity index (χ3n) is 5.23. The summed E-state index contributed by atoms with van der Waals surface area (Å²) >= 11 is 0. The number of para-hydroxylation sites is 1. The second-order valence-corrected chi connectivity index (χ2v) is 7.10. The Hall–Kier alpha value is -3.48. The molecule has 7 heteroatoms. The molecule has 1 amide bonds. The van der Waals surface area contributed by atoms with Crippen molar-refractivity contribution in [3.05, 3.63) is 77.4 Å². The van der Waals surface area contributed by atoms with E-state index in [9.17, 15) is 14.0 Å². The highest BCUT2D eigenvalue weighted by molar-refractivity contribution is 5.98. The number of halogens is 1. The lowest BCUT2D eigenvalue weighted by molar-refractivity contribution is -0.121. The van der Waals surface area contributed by atoms with Crippen LogP contribution < -0.4 is 4.90 Å². The fraction of sp³-hybridized carbons (Fsp3) is 0.261. The zero-order valence-corrected chi connectivity index (χ0v) is 16.7. The summed E-state index contributed by atoms with van der Waals surface area (Å²) in [6.45, 7) is 2.16. The first-order chi connectivity index (χ1) is 14.6. The van der Waals surface area contributed by atoms with Crippen molar-refractivity contribution in [2.45, 2.75) is 26.2 Å². The van der Waals surface area contributed by atoms with Gasteiger partial charge in [-0.3, -0.25) is 4.79 Å². The van der Waals surface area contributed by atoms with Crippen molar-refractivity contribution in [2.75, 3.05) is 18.1 Å². The highest BCUT2D eigenvalue weighted by atomic mass is 19.1. The van der Waals surface area contributed by atoms with Gasteiger partial charge in [0.2, 0.25) is 0 Å². The normalized spacial score (nSPS) is 13.1. The Labute approximate surface area is 173 Å². The lowest BCUT2D eigenvalue weighted by atomic mass is 10.0. The van der Waals surface area contributed by atoms with Gasteiger partial charge in [-0.25, -0.2) is 13.9 Å². The van der Waals surface area contributed by atoms with Gasteiger partial charge in [-0.1, -0.05) is 25.1 Å². The Balaban J connectivity index is 1.47. The largest absolute Gasteiger partial charge is 0.452 e. The van der Waals surface area contributed by atoms with Gasteiger partial charge in [0.15, 0.2) is 6.61 Å². The van der Waals surface area contributed by atoms with E-state index >= 15 is 0 Å². The van der Waals surface area contributed by atoms with Crippen molar-refractivity contribution in [1.29, 1.82) is 0 Å². The number of aromatic nitrogens is 2. The van der Waals surface area contributed by atoms with Gasteiger partial charge in [0.1, 0.15) is 11.4 Å². The third-order valence-corrected chi connectivity index (χ3v) is 5.23. The van der Waals surface area contributed by atoms with Crippen LogP contribution in [0, 0.1) is 5.82 Å². The molecule has 1 aromatic heterocycles. The van der Waals surface area contributed by atoms with Crippen LogP contribution in [0.2, 0.25) is 0 Å². The van der Waals surface area contributed by atoms with Gasteiger partial charge in [-0.2, -0.15) is 5.10 Å². The first kappa shape index (κ1) is 19.8. The molecule has 0 fully saturated rings. The second-order valence-electron chi connectivity index (χ2n) is 7.10. The second kappa shape index (κ2) is 8.49. The van der Waals surface area contributed by atoms with Gasteiger partial charge in [-0.15, -0.1) is 0 Å². The molecule has 0 unspecified atom stereocenters. The maximum absolute atomic E-state index is 13.2. The van der Waals surface area contributed by atoms with E-state index in [0.29, 0.717) is 29.9 Å². The molecule has 0 radical (unpaired) electrons. The van der Waals surface area contributed by atoms with Crippen molar-refractivity contribution in [1.82, 2.24) is 9.78 Å². The fourth-order valence-electron chi connectivity index (χ4n) is 3.76. The van der Waals surface area contributed by atoms with Gasteiger partial charge in [0.25, 0.3) is 5.91 Å². The summed E-state index contributed by atoms with van der Waals surface area (Å²) < 4.78 is 20.1. The lowest BCUT2D eigenvalue weighted by Crippen LogP contribution is -2.38. The third kappa shape index (κ3) is 3.83. The van der Waals surface area contributed by atoms with Crippen molar-refractivity contribution in [2.24, 2.45) is 0 Å². The number of rotatable bonds is 5. The molecule has 154 valence electrons. The van der Waals surface area contributed by atoms with Crippen LogP contribution in [0.4, 0.5) is 10.1 Å². The summed E-state index contributed by atoms with van der Waals surface area (Å²) in [6, 6.07) is 13.6. The van der Waals surface area contributed by atoms with Crippen molar-refractivity contribution < 1.29 is 18.7 Å². The highest BCUT2D eigenvalue weighted by Gasteiger charge is 2.24. The Bertz CT molecular complexity index is 1080. The molecule has 0 atom stereocenters. The molecular weight excluding hydrogens is 385 g/mol. The predicted octanol–water partition coefficient (Wildman–Crippen LogP) is 3.71. The van der Waals surface area contributed by atoms with E-state index in [2.05, 4.69) is 5.10 Å². The summed E-state index contributed by atoms with van der Waals surface area (Å²) in [6.07, 6.45) is 3.75. The molecule has 0 N–H and O–H groups in total. The van der Waals surface area contributed by atoms with E-state index < -0.39 is 5.97 Å². The molecule has 0 saturated carbocycles. The SMILES string of the molecule is CCc1c(C(=O)OCC(=O)N2CCCc3ccccc32)cnn1-c1ccc(F)cc1. The Morgan fingerprint density at radius 2 is 1.90 bits per heavy atom. The molecule has 0 spiro atoms. The van der Waals surface area contributed by atoms with Crippen LogP contribution in [0.25, 0.3) is 5.69 Å². The van der Waals surface area contributed by atoms with Crippen molar-refractivity contribution in [3.8, 4) is 5.69 Å². The number of ether oxygens (including phenoxy) is 1. The molecular formula is C23H22FN3O3. The summed E-state index contributed by atoms with van der Waals surface area (Å²) in [5.74, 6) is -1.19. The number of benzene rings is 2. The van der Waals surface area contributed by atoms with Crippen LogP contribution in [0.5, 0.6) is 0 Å². The standard InChI is InChI=1S/C23H22FN3O3/c1-2-20-19(14-25-27(20)18-11-9-17(24)10-12-18)23(29)30-15-22(28)26-13-5-7-16-6-3-4-8-21(16)26/h3-4,6,8-12,14H,2,5,7,13,15H2,1H3. The Kier molecular flexibility index (Phi) is 5.61. The molecule has 1 aliphatic heterocycles. The first-order valence-corrected chi connectivity index (χ1v) is 9.96. The number of hydrogen-bond acceptors (Lipinski definition) is 4. The van der Waals surface area contributed by atoms with Crippen LogP contribution in [0.1, 0.15) is 35.0 Å². The molecule has 0 saturated heterocycles. The topological polar surface area (TPSA) is 64.4 Å². The quantitative estimate of drug-likeness (QED) is 0.605. The van der Waals surface area contributed by atoms with Crippen LogP contribution in [-0.4, -0.2) is 34.8 Å². The monoisotopic (exact) mass is 407 g/mol. The lowest BCUT2D eigenvalue weighted by Gasteiger charge is -2.29. The predicted molar refractivity (Wildman–Crippen MR) is 110 cm³/mol. The van der Waals surface area contributed by atoms with Gasteiger partial charge < -0.3 is 9.64 Å². The molecule has 0 bridgehead atoms. The minimum absolute atomic E-state index is 0.250. The molecule has 1 aliphatic rings. The smallest absolute Gasteiger partial charge is 0.342 e. The maximum Gasteiger partial charge on any atom is 0.342 e. The van der Waals surface area contributed by atoms with E-state index in [0.717, 1.165) is 24.1 Å². The summed E-state index contributed by atoms with van der Waals surface area (Å²) in [7, 11) is 0. The van der Waals surface area contributed by atoms with Crippen molar-refractivity contribution >= 4 is 17.6 Å². The van der Waals surface area contributed by atoms with Crippen LogP contribution >= 0.6 is 0 Å².